The van der Waals surface area contributed by atoms with Crippen LogP contribution in [-0.4, -0.2) is 47.7 Å². The van der Waals surface area contributed by atoms with E-state index in [2.05, 4.69) is 13.8 Å². The molecule has 22 heavy (non-hydrogen) atoms. The largest absolute Gasteiger partial charge is 0.465 e. The molecule has 1 spiro atoms. The van der Waals surface area contributed by atoms with Crippen molar-refractivity contribution in [3.63, 3.8) is 0 Å². The molecule has 0 unspecified atom stereocenters. The Morgan fingerprint density at radius 3 is 3.00 bits per heavy atom. The molecule has 122 valence electrons. The van der Waals surface area contributed by atoms with Gasteiger partial charge in [-0.25, -0.2) is 0 Å². The van der Waals surface area contributed by atoms with Gasteiger partial charge >= 0.3 is 5.97 Å². The fourth-order valence-corrected chi connectivity index (χ4v) is 3.80. The van der Waals surface area contributed by atoms with E-state index in [1.807, 2.05) is 24.0 Å². The normalized spacial score (nSPS) is 36.8. The molecule has 0 N–H and O–H groups in total. The molecule has 0 aliphatic carbocycles. The van der Waals surface area contributed by atoms with Crippen LogP contribution in [0.25, 0.3) is 0 Å². The second-order valence-corrected chi connectivity index (χ2v) is 6.64. The first-order chi connectivity index (χ1) is 10.5. The van der Waals surface area contributed by atoms with Gasteiger partial charge in [-0.2, -0.15) is 0 Å². The van der Waals surface area contributed by atoms with Gasteiger partial charge in [0.15, 0.2) is 0 Å². The summed E-state index contributed by atoms with van der Waals surface area (Å²) in [5.41, 5.74) is -0.611. The number of amides is 1. The number of nitrogens with zero attached hydrogens (tertiary/aromatic N) is 1. The van der Waals surface area contributed by atoms with Gasteiger partial charge in [-0.3, -0.25) is 9.59 Å². The maximum Gasteiger partial charge on any atom is 0.312 e. The number of rotatable bonds is 6. The average Bonchev–Trinajstić information content (AvgIpc) is 3.15. The smallest absolute Gasteiger partial charge is 0.312 e. The quantitative estimate of drug-likeness (QED) is 0.427. The number of ether oxygens (including phenoxy) is 2. The van der Waals surface area contributed by atoms with Crippen LogP contribution in [0.3, 0.4) is 0 Å². The second kappa shape index (κ2) is 5.69. The minimum absolute atomic E-state index is 0.0404. The van der Waals surface area contributed by atoms with E-state index in [0.29, 0.717) is 13.2 Å². The topological polar surface area (TPSA) is 55.8 Å². The predicted molar refractivity (Wildman–Crippen MR) is 81.1 cm³/mol. The molecule has 0 radical (unpaired) electrons. The highest BCUT2D eigenvalue weighted by molar-refractivity contribution is 5.91. The van der Waals surface area contributed by atoms with Crippen molar-refractivity contribution in [2.24, 2.45) is 11.8 Å². The van der Waals surface area contributed by atoms with Crippen molar-refractivity contribution in [2.75, 3.05) is 13.2 Å². The molecular formula is C17H25NO4. The fourth-order valence-electron chi connectivity index (χ4n) is 3.80. The number of carbonyl (C=O) groups excluding carboxylic acids is 2. The molecule has 0 aromatic rings. The van der Waals surface area contributed by atoms with Gasteiger partial charge in [0.2, 0.25) is 5.91 Å². The first kappa shape index (κ1) is 15.5. The van der Waals surface area contributed by atoms with Gasteiger partial charge in [0, 0.05) is 6.04 Å². The number of hydrogen-bond donors (Lipinski definition) is 0. The van der Waals surface area contributed by atoms with Gasteiger partial charge < -0.3 is 14.4 Å². The van der Waals surface area contributed by atoms with E-state index in [4.69, 9.17) is 9.47 Å². The van der Waals surface area contributed by atoms with E-state index >= 15 is 0 Å². The second-order valence-electron chi connectivity index (χ2n) is 6.64. The van der Waals surface area contributed by atoms with E-state index in [1.54, 1.807) is 0 Å². The fraction of sp³-hybridized carbons (Fsp3) is 0.765. The molecule has 5 heteroatoms. The van der Waals surface area contributed by atoms with Gasteiger partial charge in [0.25, 0.3) is 0 Å². The van der Waals surface area contributed by atoms with Crippen LogP contribution < -0.4 is 0 Å². The van der Waals surface area contributed by atoms with E-state index in [9.17, 15) is 9.59 Å². The number of likely N-dealkylation sites (tertiary alicyclic amines) is 1. The Labute approximate surface area is 131 Å². The zero-order chi connectivity index (χ0) is 15.9. The lowest BCUT2D eigenvalue weighted by molar-refractivity contribution is -0.154. The van der Waals surface area contributed by atoms with Crippen molar-refractivity contribution < 1.29 is 19.1 Å². The molecule has 3 heterocycles. The number of carbonyl (C=O) groups is 2. The Morgan fingerprint density at radius 1 is 1.55 bits per heavy atom. The van der Waals surface area contributed by atoms with Crippen molar-refractivity contribution in [3.05, 3.63) is 12.2 Å². The van der Waals surface area contributed by atoms with Crippen molar-refractivity contribution >= 4 is 11.9 Å². The van der Waals surface area contributed by atoms with Crippen LogP contribution in [0, 0.1) is 11.8 Å². The van der Waals surface area contributed by atoms with Crippen molar-refractivity contribution in [1.82, 2.24) is 4.90 Å². The number of esters is 1. The zero-order valence-corrected chi connectivity index (χ0v) is 13.6. The van der Waals surface area contributed by atoms with Crippen LogP contribution in [0.2, 0.25) is 0 Å². The van der Waals surface area contributed by atoms with E-state index in [1.165, 1.54) is 0 Å². The molecule has 5 atom stereocenters. The third-order valence-electron chi connectivity index (χ3n) is 5.27. The maximum atomic E-state index is 12.8. The summed E-state index contributed by atoms with van der Waals surface area (Å²) in [6.45, 7) is 7.13. The Balaban J connectivity index is 1.79. The minimum Gasteiger partial charge on any atom is -0.465 e. The summed E-state index contributed by atoms with van der Waals surface area (Å²) < 4.78 is 11.4. The van der Waals surface area contributed by atoms with Gasteiger partial charge in [-0.15, -0.1) is 0 Å². The Bertz CT molecular complexity index is 503. The van der Waals surface area contributed by atoms with Crippen LogP contribution in [0.4, 0.5) is 0 Å². The molecule has 3 rings (SSSR count). The third-order valence-corrected chi connectivity index (χ3v) is 5.27. The van der Waals surface area contributed by atoms with Crippen LogP contribution in [0.15, 0.2) is 12.2 Å². The molecule has 5 nitrogen and oxygen atoms in total. The molecule has 3 aliphatic heterocycles. The van der Waals surface area contributed by atoms with Gasteiger partial charge in [0.05, 0.1) is 25.2 Å². The Morgan fingerprint density at radius 2 is 2.32 bits per heavy atom. The number of hydrogen-bond acceptors (Lipinski definition) is 4. The van der Waals surface area contributed by atoms with Crippen molar-refractivity contribution in [2.45, 2.75) is 57.8 Å². The van der Waals surface area contributed by atoms with E-state index < -0.39 is 17.4 Å². The Hall–Kier alpha value is -1.36. The summed E-state index contributed by atoms with van der Waals surface area (Å²) >= 11 is 0. The molecule has 0 aromatic carbocycles. The molecule has 1 amide bonds. The average molecular weight is 307 g/mol. The van der Waals surface area contributed by atoms with E-state index in [-0.39, 0.29) is 24.0 Å². The highest BCUT2D eigenvalue weighted by Crippen LogP contribution is 2.52. The third kappa shape index (κ3) is 2.18. The van der Waals surface area contributed by atoms with Gasteiger partial charge in [-0.05, 0) is 19.8 Å². The van der Waals surface area contributed by atoms with Crippen LogP contribution >= 0.6 is 0 Å². The summed E-state index contributed by atoms with van der Waals surface area (Å²) in [7, 11) is 0. The minimum atomic E-state index is -0.611. The Kier molecular flexibility index (Phi) is 4.02. The SMILES string of the molecule is CCCCOC(=O)[C@H]1[C@H]2C(=O)N([C@@H](C)CC)C[C@@]23C=C[C@H]1O3. The van der Waals surface area contributed by atoms with E-state index in [0.717, 1.165) is 19.3 Å². The molecule has 2 saturated heterocycles. The standard InChI is InChI=1S/C17H25NO4/c1-4-6-9-21-16(20)13-12-7-8-17(22-12)10-18(11(3)5-2)15(19)14(13)17/h7-8,11-14H,4-6,9-10H2,1-3H3/t11-,12+,13+,14-,17-/m0/s1. The highest BCUT2D eigenvalue weighted by atomic mass is 16.6. The monoisotopic (exact) mass is 307 g/mol. The number of fused-ring (bicyclic) bond motifs is 1. The molecule has 2 fully saturated rings. The maximum absolute atomic E-state index is 12.8. The molecule has 0 aromatic heterocycles. The summed E-state index contributed by atoms with van der Waals surface area (Å²) in [6.07, 6.45) is 6.33. The van der Waals surface area contributed by atoms with Gasteiger partial charge in [-0.1, -0.05) is 32.4 Å². The summed E-state index contributed by atoms with van der Waals surface area (Å²) in [5, 5.41) is 0. The first-order valence-electron chi connectivity index (χ1n) is 8.38. The number of unbranched alkanes of at least 4 members (excludes halogenated alkanes) is 1. The molecule has 2 bridgehead atoms. The molecular weight excluding hydrogens is 282 g/mol. The zero-order valence-electron chi connectivity index (χ0n) is 13.6. The lowest BCUT2D eigenvalue weighted by Crippen LogP contribution is -2.41. The highest BCUT2D eigenvalue weighted by Gasteiger charge is 2.67. The van der Waals surface area contributed by atoms with Gasteiger partial charge in [0.1, 0.15) is 11.5 Å². The lowest BCUT2D eigenvalue weighted by atomic mass is 9.77. The summed E-state index contributed by atoms with van der Waals surface area (Å²) in [6, 6.07) is 0.167. The van der Waals surface area contributed by atoms with Crippen molar-refractivity contribution in [3.8, 4) is 0 Å². The summed E-state index contributed by atoms with van der Waals surface area (Å²) in [5.74, 6) is -1.14. The lowest BCUT2D eigenvalue weighted by Gasteiger charge is -2.26. The predicted octanol–water partition coefficient (Wildman–Crippen LogP) is 1.91. The molecule has 3 aliphatic rings. The summed E-state index contributed by atoms with van der Waals surface area (Å²) in [4.78, 5) is 27.1. The van der Waals surface area contributed by atoms with Crippen LogP contribution in [0.5, 0.6) is 0 Å². The van der Waals surface area contributed by atoms with Crippen molar-refractivity contribution in [1.29, 1.82) is 0 Å². The van der Waals surface area contributed by atoms with Crippen LogP contribution in [-0.2, 0) is 19.1 Å². The first-order valence-corrected chi connectivity index (χ1v) is 8.38. The molecule has 0 saturated carbocycles. The van der Waals surface area contributed by atoms with Crippen LogP contribution in [0.1, 0.15) is 40.0 Å².